The number of ether oxygens (including phenoxy) is 2. The molecule has 1 saturated heterocycles. The number of hydrogen-bond donors (Lipinski definition) is 0. The number of rotatable bonds is 7. The minimum Gasteiger partial charge on any atom is -0.493 e. The van der Waals surface area contributed by atoms with Crippen LogP contribution in [-0.4, -0.2) is 28.1 Å². The minimum absolute atomic E-state index is 0.217. The predicted octanol–water partition coefficient (Wildman–Crippen LogP) is 5.67. The molecule has 3 aromatic rings. The van der Waals surface area contributed by atoms with E-state index in [4.69, 9.17) is 9.47 Å². The van der Waals surface area contributed by atoms with E-state index in [0.29, 0.717) is 23.0 Å². The lowest BCUT2D eigenvalue weighted by atomic mass is 10.1. The topological polar surface area (TPSA) is 68.7 Å². The molecule has 0 saturated carbocycles. The maximum atomic E-state index is 12.9. The van der Waals surface area contributed by atoms with Gasteiger partial charge in [-0.15, -0.1) is 0 Å². The number of pyridine rings is 1. The number of benzene rings is 2. The highest BCUT2D eigenvalue weighted by atomic mass is 79.9. The monoisotopic (exact) mass is 510 g/mol. The van der Waals surface area contributed by atoms with E-state index in [0.717, 1.165) is 32.9 Å². The van der Waals surface area contributed by atoms with E-state index in [9.17, 15) is 9.59 Å². The Morgan fingerprint density at radius 3 is 2.59 bits per heavy atom. The fourth-order valence-corrected chi connectivity index (χ4v) is 4.37. The van der Waals surface area contributed by atoms with Gasteiger partial charge in [0.05, 0.1) is 18.6 Å². The Kier molecular flexibility index (Phi) is 6.92. The lowest BCUT2D eigenvalue weighted by molar-refractivity contribution is -0.123. The molecule has 6 nitrogen and oxygen atoms in total. The number of nitrogens with zero attached hydrogens (tertiary/aromatic N) is 2. The molecule has 0 aliphatic carbocycles. The number of halogens is 1. The van der Waals surface area contributed by atoms with Gasteiger partial charge in [-0.2, -0.15) is 0 Å². The summed E-state index contributed by atoms with van der Waals surface area (Å²) in [6.45, 7) is 0.598. The SMILES string of the molecule is COc1cc(/C=C2/SC(=O)N(Cc3ccccc3Br)C2=O)ccc1OCc1ccncc1. The van der Waals surface area contributed by atoms with Gasteiger partial charge in [0.15, 0.2) is 11.5 Å². The Hall–Kier alpha value is -3.10. The molecular weight excluding hydrogens is 492 g/mol. The van der Waals surface area contributed by atoms with Crippen molar-refractivity contribution in [3.8, 4) is 11.5 Å². The van der Waals surface area contributed by atoms with Gasteiger partial charge in [-0.1, -0.05) is 40.2 Å². The zero-order chi connectivity index (χ0) is 22.5. The van der Waals surface area contributed by atoms with Crippen LogP contribution >= 0.6 is 27.7 Å². The first-order valence-corrected chi connectivity index (χ1v) is 11.3. The van der Waals surface area contributed by atoms with Gasteiger partial charge in [0.1, 0.15) is 6.61 Å². The van der Waals surface area contributed by atoms with Crippen LogP contribution in [0.5, 0.6) is 11.5 Å². The number of hydrogen-bond acceptors (Lipinski definition) is 6. The number of carbonyl (C=O) groups is 2. The highest BCUT2D eigenvalue weighted by molar-refractivity contribution is 9.10. The molecule has 2 amide bonds. The van der Waals surface area contributed by atoms with Crippen molar-refractivity contribution in [1.29, 1.82) is 0 Å². The molecule has 0 radical (unpaired) electrons. The smallest absolute Gasteiger partial charge is 0.293 e. The van der Waals surface area contributed by atoms with Gasteiger partial charge < -0.3 is 9.47 Å². The molecule has 0 atom stereocenters. The fourth-order valence-electron chi connectivity index (χ4n) is 3.12. The second kappa shape index (κ2) is 10.0. The minimum atomic E-state index is -0.312. The van der Waals surface area contributed by atoms with Crippen LogP contribution in [0.3, 0.4) is 0 Å². The quantitative estimate of drug-likeness (QED) is 0.381. The van der Waals surface area contributed by atoms with Crippen molar-refractivity contribution in [1.82, 2.24) is 9.88 Å². The number of methoxy groups -OCH3 is 1. The first-order valence-electron chi connectivity index (χ1n) is 9.73. The molecule has 0 bridgehead atoms. The van der Waals surface area contributed by atoms with Crippen molar-refractivity contribution in [2.45, 2.75) is 13.2 Å². The van der Waals surface area contributed by atoms with Crippen molar-refractivity contribution in [3.05, 3.63) is 93.1 Å². The molecule has 0 N–H and O–H groups in total. The largest absolute Gasteiger partial charge is 0.493 e. The molecule has 1 aliphatic heterocycles. The average Bonchev–Trinajstić information content (AvgIpc) is 3.07. The molecule has 162 valence electrons. The van der Waals surface area contributed by atoms with Gasteiger partial charge in [0, 0.05) is 16.9 Å². The van der Waals surface area contributed by atoms with Crippen LogP contribution in [0, 0.1) is 0 Å². The summed E-state index contributed by atoms with van der Waals surface area (Å²) >= 11 is 4.40. The Bertz CT molecular complexity index is 1180. The maximum absolute atomic E-state index is 12.9. The summed E-state index contributed by atoms with van der Waals surface area (Å²) < 4.78 is 12.2. The number of carbonyl (C=O) groups excluding carboxylic acids is 2. The molecule has 2 heterocycles. The number of thioether (sulfide) groups is 1. The maximum Gasteiger partial charge on any atom is 0.293 e. The van der Waals surface area contributed by atoms with Crippen molar-refractivity contribution in [2.75, 3.05) is 7.11 Å². The predicted molar refractivity (Wildman–Crippen MR) is 127 cm³/mol. The van der Waals surface area contributed by atoms with Gasteiger partial charge in [-0.3, -0.25) is 19.5 Å². The van der Waals surface area contributed by atoms with Gasteiger partial charge >= 0.3 is 0 Å². The van der Waals surface area contributed by atoms with Gasteiger partial charge in [0.2, 0.25) is 0 Å². The number of amides is 2. The Morgan fingerprint density at radius 2 is 1.84 bits per heavy atom. The Labute approximate surface area is 198 Å². The zero-order valence-electron chi connectivity index (χ0n) is 17.2. The van der Waals surface area contributed by atoms with Crippen LogP contribution in [0.15, 0.2) is 76.4 Å². The van der Waals surface area contributed by atoms with E-state index in [-0.39, 0.29) is 17.7 Å². The van der Waals surface area contributed by atoms with Crippen LogP contribution in [0.2, 0.25) is 0 Å². The summed E-state index contributed by atoms with van der Waals surface area (Å²) in [5, 5.41) is -0.290. The molecule has 8 heteroatoms. The summed E-state index contributed by atoms with van der Waals surface area (Å²) in [5.41, 5.74) is 2.60. The van der Waals surface area contributed by atoms with Gasteiger partial charge in [-0.05, 0) is 64.9 Å². The van der Waals surface area contributed by atoms with E-state index in [1.54, 1.807) is 37.7 Å². The van der Waals surface area contributed by atoms with Crippen LogP contribution < -0.4 is 9.47 Å². The van der Waals surface area contributed by atoms with Gasteiger partial charge in [0.25, 0.3) is 11.1 Å². The number of imide groups is 1. The molecule has 1 aliphatic rings. The lowest BCUT2D eigenvalue weighted by Crippen LogP contribution is -2.27. The summed E-state index contributed by atoms with van der Waals surface area (Å²) in [6.07, 6.45) is 5.12. The second-order valence-electron chi connectivity index (χ2n) is 6.91. The third-order valence-electron chi connectivity index (χ3n) is 4.79. The van der Waals surface area contributed by atoms with Crippen molar-refractivity contribution in [3.63, 3.8) is 0 Å². The molecule has 4 rings (SSSR count). The van der Waals surface area contributed by atoms with E-state index >= 15 is 0 Å². The highest BCUT2D eigenvalue weighted by Crippen LogP contribution is 2.36. The average molecular weight is 511 g/mol. The molecule has 2 aromatic carbocycles. The van der Waals surface area contributed by atoms with Crippen molar-refractivity contribution >= 4 is 44.9 Å². The van der Waals surface area contributed by atoms with Crippen LogP contribution in [0.4, 0.5) is 4.79 Å². The first kappa shape index (κ1) is 22.1. The van der Waals surface area contributed by atoms with E-state index in [2.05, 4.69) is 20.9 Å². The van der Waals surface area contributed by atoms with E-state index < -0.39 is 0 Å². The second-order valence-corrected chi connectivity index (χ2v) is 8.76. The zero-order valence-corrected chi connectivity index (χ0v) is 19.6. The summed E-state index contributed by atoms with van der Waals surface area (Å²) in [6, 6.07) is 16.7. The molecule has 1 fully saturated rings. The summed E-state index contributed by atoms with van der Waals surface area (Å²) in [7, 11) is 1.56. The van der Waals surface area contributed by atoms with Crippen molar-refractivity contribution < 1.29 is 19.1 Å². The summed E-state index contributed by atoms with van der Waals surface area (Å²) in [5.74, 6) is 0.816. The van der Waals surface area contributed by atoms with Crippen molar-refractivity contribution in [2.24, 2.45) is 0 Å². The van der Waals surface area contributed by atoms with Crippen LogP contribution in [0.1, 0.15) is 16.7 Å². The van der Waals surface area contributed by atoms with Crippen LogP contribution in [-0.2, 0) is 17.9 Å². The third-order valence-corrected chi connectivity index (χ3v) is 6.47. The van der Waals surface area contributed by atoms with E-state index in [1.807, 2.05) is 42.5 Å². The van der Waals surface area contributed by atoms with Gasteiger partial charge in [-0.25, -0.2) is 0 Å². The Morgan fingerprint density at radius 1 is 1.06 bits per heavy atom. The third kappa shape index (κ3) is 5.03. The van der Waals surface area contributed by atoms with Crippen LogP contribution in [0.25, 0.3) is 6.08 Å². The molecule has 0 spiro atoms. The summed E-state index contributed by atoms with van der Waals surface area (Å²) in [4.78, 5) is 30.9. The molecule has 0 unspecified atom stereocenters. The first-order chi connectivity index (χ1) is 15.5. The van der Waals surface area contributed by atoms with E-state index in [1.165, 1.54) is 4.90 Å². The molecular formula is C24H19BrN2O4S. The number of aromatic nitrogens is 1. The lowest BCUT2D eigenvalue weighted by Gasteiger charge is -2.13. The molecule has 1 aromatic heterocycles. The standard InChI is InChI=1S/C24H19BrN2O4S/c1-30-21-12-17(6-7-20(21)31-15-16-8-10-26-11-9-16)13-22-23(28)27(24(29)32-22)14-18-4-2-3-5-19(18)25/h2-13H,14-15H2,1H3/b22-13+. The highest BCUT2D eigenvalue weighted by Gasteiger charge is 2.35. The molecule has 32 heavy (non-hydrogen) atoms. The Balaban J connectivity index is 1.50. The normalized spacial score (nSPS) is 14.8. The fraction of sp³-hybridized carbons (Fsp3) is 0.125.